The minimum Gasteiger partial charge on any atom is -0.380 e. The van der Waals surface area contributed by atoms with Gasteiger partial charge < -0.3 is 15.4 Å². The molecule has 0 saturated heterocycles. The van der Waals surface area contributed by atoms with E-state index in [1.807, 2.05) is 12.1 Å². The molecule has 0 fully saturated rings. The average Bonchev–Trinajstić information content (AvgIpc) is 3.05. The molecule has 0 aliphatic heterocycles. The van der Waals surface area contributed by atoms with Gasteiger partial charge in [0, 0.05) is 18.5 Å². The molecule has 0 saturated carbocycles. The molecule has 4 nitrogen and oxygen atoms in total. The number of hydrogen-bond acceptors (Lipinski definition) is 3. The topological polar surface area (TPSA) is 45.7 Å². The lowest BCUT2D eigenvalue weighted by atomic mass is 10.1. The lowest BCUT2D eigenvalue weighted by molar-refractivity contribution is 0.184. The third-order valence-electron chi connectivity index (χ3n) is 3.18. The van der Waals surface area contributed by atoms with Crippen molar-refractivity contribution in [3.05, 3.63) is 57.8 Å². The van der Waals surface area contributed by atoms with Gasteiger partial charge in [-0.2, -0.15) is 0 Å². The second-order valence-corrected chi connectivity index (χ2v) is 5.86. The van der Waals surface area contributed by atoms with E-state index in [1.165, 1.54) is 16.0 Å². The molecule has 0 aliphatic carbocycles. The maximum absolute atomic E-state index is 5.24. The zero-order valence-electron chi connectivity index (χ0n) is 13.5. The summed E-state index contributed by atoms with van der Waals surface area (Å²) >= 11 is 1.74. The standard InChI is InChI=1S/C17H23N3OS.HI/c1-3-18-17(20-12-16-9-6-10-22-16)19-11-14-7-4-5-8-15(14)13-21-2;/h4-10H,3,11-13H2,1-2H3,(H2,18,19,20);1H. The van der Waals surface area contributed by atoms with Crippen LogP contribution < -0.4 is 10.6 Å². The summed E-state index contributed by atoms with van der Waals surface area (Å²) < 4.78 is 5.24. The lowest BCUT2D eigenvalue weighted by Crippen LogP contribution is -2.36. The van der Waals surface area contributed by atoms with Gasteiger partial charge in [0.2, 0.25) is 0 Å². The van der Waals surface area contributed by atoms with E-state index in [1.54, 1.807) is 18.4 Å². The van der Waals surface area contributed by atoms with Crippen LogP contribution in [0.15, 0.2) is 46.8 Å². The highest BCUT2D eigenvalue weighted by molar-refractivity contribution is 14.0. The van der Waals surface area contributed by atoms with Crippen LogP contribution in [0, 0.1) is 0 Å². The van der Waals surface area contributed by atoms with Crippen molar-refractivity contribution in [2.45, 2.75) is 26.6 Å². The molecule has 6 heteroatoms. The van der Waals surface area contributed by atoms with Crippen LogP contribution in [0.25, 0.3) is 0 Å². The number of benzene rings is 1. The molecule has 0 radical (unpaired) electrons. The third kappa shape index (κ3) is 6.88. The molecule has 126 valence electrons. The molecule has 2 N–H and O–H groups in total. The number of nitrogens with zero attached hydrogens (tertiary/aromatic N) is 1. The van der Waals surface area contributed by atoms with Gasteiger partial charge in [-0.05, 0) is 29.5 Å². The number of guanidine groups is 1. The summed E-state index contributed by atoms with van der Waals surface area (Å²) in [6.07, 6.45) is 0. The zero-order valence-corrected chi connectivity index (χ0v) is 16.7. The number of thiophene rings is 1. The first kappa shape index (κ1) is 19.9. The van der Waals surface area contributed by atoms with Crippen molar-refractivity contribution in [2.24, 2.45) is 4.99 Å². The first-order valence-corrected chi connectivity index (χ1v) is 8.31. The summed E-state index contributed by atoms with van der Waals surface area (Å²) in [5.41, 5.74) is 2.38. The van der Waals surface area contributed by atoms with Gasteiger partial charge in [-0.3, -0.25) is 0 Å². The Balaban J connectivity index is 0.00000264. The second-order valence-electron chi connectivity index (χ2n) is 4.83. The van der Waals surface area contributed by atoms with Crippen LogP contribution in [0.1, 0.15) is 22.9 Å². The molecule has 1 aromatic heterocycles. The zero-order chi connectivity index (χ0) is 15.6. The predicted molar refractivity (Wildman–Crippen MR) is 109 cm³/mol. The molecule has 0 bridgehead atoms. The van der Waals surface area contributed by atoms with Crippen molar-refractivity contribution in [2.75, 3.05) is 13.7 Å². The molecule has 0 spiro atoms. The highest BCUT2D eigenvalue weighted by atomic mass is 127. The van der Waals surface area contributed by atoms with Crippen LogP contribution in [0.2, 0.25) is 0 Å². The molecule has 0 unspecified atom stereocenters. The highest BCUT2D eigenvalue weighted by Gasteiger charge is 2.02. The van der Waals surface area contributed by atoms with Crippen molar-refractivity contribution in [3.63, 3.8) is 0 Å². The van der Waals surface area contributed by atoms with Crippen molar-refractivity contribution in [3.8, 4) is 0 Å². The van der Waals surface area contributed by atoms with Crippen molar-refractivity contribution in [1.82, 2.24) is 10.6 Å². The Morgan fingerprint density at radius 2 is 1.91 bits per heavy atom. The summed E-state index contributed by atoms with van der Waals surface area (Å²) in [6, 6.07) is 12.4. The maximum Gasteiger partial charge on any atom is 0.191 e. The Bertz CT molecular complexity index is 587. The third-order valence-corrected chi connectivity index (χ3v) is 4.06. The van der Waals surface area contributed by atoms with Gasteiger partial charge in [0.05, 0.1) is 19.7 Å². The largest absolute Gasteiger partial charge is 0.380 e. The molecular formula is C17H24IN3OS. The minimum atomic E-state index is 0. The van der Waals surface area contributed by atoms with E-state index < -0.39 is 0 Å². The van der Waals surface area contributed by atoms with Gasteiger partial charge >= 0.3 is 0 Å². The van der Waals surface area contributed by atoms with Gasteiger partial charge in [-0.1, -0.05) is 30.3 Å². The van der Waals surface area contributed by atoms with Gasteiger partial charge in [-0.25, -0.2) is 4.99 Å². The summed E-state index contributed by atoms with van der Waals surface area (Å²) in [5, 5.41) is 8.73. The molecule has 2 aromatic rings. The number of ether oxygens (including phenoxy) is 1. The van der Waals surface area contributed by atoms with E-state index in [0.717, 1.165) is 19.0 Å². The minimum absolute atomic E-state index is 0. The fourth-order valence-electron chi connectivity index (χ4n) is 2.10. The first-order chi connectivity index (χ1) is 10.8. The molecule has 1 heterocycles. The van der Waals surface area contributed by atoms with Crippen LogP contribution >= 0.6 is 35.3 Å². The quantitative estimate of drug-likeness (QED) is 0.388. The summed E-state index contributed by atoms with van der Waals surface area (Å²) in [4.78, 5) is 5.97. The van der Waals surface area contributed by atoms with Gasteiger partial charge in [0.1, 0.15) is 0 Å². The summed E-state index contributed by atoms with van der Waals surface area (Å²) in [7, 11) is 1.71. The Kier molecular flexibility index (Phi) is 9.89. The Hall–Kier alpha value is -1.12. The fraction of sp³-hybridized carbons (Fsp3) is 0.353. The monoisotopic (exact) mass is 445 g/mol. The number of halogens is 1. The van der Waals surface area contributed by atoms with Crippen molar-refractivity contribution >= 4 is 41.3 Å². The smallest absolute Gasteiger partial charge is 0.191 e. The molecule has 0 amide bonds. The fourth-order valence-corrected chi connectivity index (χ4v) is 2.74. The average molecular weight is 445 g/mol. The van der Waals surface area contributed by atoms with Gasteiger partial charge in [-0.15, -0.1) is 35.3 Å². The molecule has 2 rings (SSSR count). The summed E-state index contributed by atoms with van der Waals surface area (Å²) in [5.74, 6) is 0.836. The van der Waals surface area contributed by atoms with E-state index in [4.69, 9.17) is 4.74 Å². The van der Waals surface area contributed by atoms with Crippen LogP contribution in [0.4, 0.5) is 0 Å². The number of methoxy groups -OCH3 is 1. The Morgan fingerprint density at radius 1 is 1.13 bits per heavy atom. The van der Waals surface area contributed by atoms with Crippen molar-refractivity contribution in [1.29, 1.82) is 0 Å². The SMILES string of the molecule is CCNC(=NCc1ccccc1COC)NCc1cccs1.I. The van der Waals surface area contributed by atoms with E-state index >= 15 is 0 Å². The second kappa shape index (κ2) is 11.4. The molecular weight excluding hydrogens is 421 g/mol. The number of nitrogens with one attached hydrogen (secondary N) is 2. The number of hydrogen-bond donors (Lipinski definition) is 2. The molecule has 1 aromatic carbocycles. The Labute approximate surface area is 159 Å². The van der Waals surface area contributed by atoms with Crippen LogP contribution in [-0.4, -0.2) is 19.6 Å². The molecule has 23 heavy (non-hydrogen) atoms. The van der Waals surface area contributed by atoms with E-state index in [-0.39, 0.29) is 24.0 Å². The molecule has 0 atom stereocenters. The lowest BCUT2D eigenvalue weighted by Gasteiger charge is -2.11. The normalized spacial score (nSPS) is 11.0. The highest BCUT2D eigenvalue weighted by Crippen LogP contribution is 2.11. The van der Waals surface area contributed by atoms with E-state index in [0.29, 0.717) is 13.2 Å². The van der Waals surface area contributed by atoms with E-state index in [2.05, 4.69) is 52.2 Å². The summed E-state index contributed by atoms with van der Waals surface area (Å²) in [6.45, 7) is 4.96. The number of rotatable bonds is 7. The first-order valence-electron chi connectivity index (χ1n) is 7.43. The Morgan fingerprint density at radius 3 is 2.57 bits per heavy atom. The van der Waals surface area contributed by atoms with Crippen LogP contribution in [0.3, 0.4) is 0 Å². The predicted octanol–water partition coefficient (Wildman–Crippen LogP) is 3.77. The van der Waals surface area contributed by atoms with E-state index in [9.17, 15) is 0 Å². The van der Waals surface area contributed by atoms with Gasteiger partial charge in [0.15, 0.2) is 5.96 Å². The maximum atomic E-state index is 5.24. The van der Waals surface area contributed by atoms with Crippen molar-refractivity contribution < 1.29 is 4.74 Å². The van der Waals surface area contributed by atoms with Crippen LogP contribution in [-0.2, 0) is 24.4 Å². The van der Waals surface area contributed by atoms with Crippen LogP contribution in [0.5, 0.6) is 0 Å². The molecule has 0 aliphatic rings. The number of aliphatic imine (C=N–C) groups is 1. The van der Waals surface area contributed by atoms with Gasteiger partial charge in [0.25, 0.3) is 0 Å².